The Morgan fingerprint density at radius 3 is 2.70 bits per heavy atom. The summed E-state index contributed by atoms with van der Waals surface area (Å²) < 4.78 is 51.5. The first-order valence-electron chi connectivity index (χ1n) is 9.17. The number of amides is 1. The van der Waals surface area contributed by atoms with Crippen molar-refractivity contribution in [2.45, 2.75) is 63.1 Å². The van der Waals surface area contributed by atoms with Crippen LogP contribution < -0.4 is 20.1 Å². The Morgan fingerprint density at radius 1 is 1.33 bits per heavy atom. The van der Waals surface area contributed by atoms with Crippen LogP contribution in [0.5, 0.6) is 11.8 Å². The Hall–Kier alpha value is -2.03. The van der Waals surface area contributed by atoms with Crippen LogP contribution in [0, 0.1) is 5.82 Å². The highest BCUT2D eigenvalue weighted by Crippen LogP contribution is 2.35. The zero-order valence-corrected chi connectivity index (χ0v) is 15.2. The van der Waals surface area contributed by atoms with Crippen LogP contribution in [-0.2, 0) is 11.3 Å². The van der Waals surface area contributed by atoms with Crippen molar-refractivity contribution in [2.24, 2.45) is 0 Å². The van der Waals surface area contributed by atoms with Crippen LogP contribution >= 0.6 is 0 Å². The molecule has 1 saturated carbocycles. The molecule has 0 bridgehead atoms. The normalized spacial score (nSPS) is 22.4. The second kappa shape index (κ2) is 8.33. The standard InChI is InChI=1S/C18H24F3N3O3/c1-26-16-11(10-23-15(25)14-3-2-8-22-14)9-13(19)17(24-16)27-12-4-6-18(20,21)7-5-12/h9,12,14,22H,2-8,10H2,1H3,(H,23,25)/t14-/m1/s1. The first-order valence-corrected chi connectivity index (χ1v) is 9.17. The van der Waals surface area contributed by atoms with Crippen molar-refractivity contribution in [2.75, 3.05) is 13.7 Å². The van der Waals surface area contributed by atoms with E-state index in [2.05, 4.69) is 15.6 Å². The van der Waals surface area contributed by atoms with Crippen molar-refractivity contribution in [3.63, 3.8) is 0 Å². The minimum atomic E-state index is -2.68. The zero-order chi connectivity index (χ0) is 19.4. The van der Waals surface area contributed by atoms with Gasteiger partial charge < -0.3 is 20.1 Å². The van der Waals surface area contributed by atoms with E-state index in [9.17, 15) is 18.0 Å². The summed E-state index contributed by atoms with van der Waals surface area (Å²) in [6.45, 7) is 0.872. The number of pyridine rings is 1. The molecule has 0 radical (unpaired) electrons. The fourth-order valence-corrected chi connectivity index (χ4v) is 3.38. The molecule has 1 saturated heterocycles. The molecule has 0 spiro atoms. The molecule has 6 nitrogen and oxygen atoms in total. The van der Waals surface area contributed by atoms with E-state index in [-0.39, 0.29) is 55.9 Å². The summed E-state index contributed by atoms with van der Waals surface area (Å²) >= 11 is 0. The quantitative estimate of drug-likeness (QED) is 0.785. The maximum atomic E-state index is 14.4. The van der Waals surface area contributed by atoms with Gasteiger partial charge in [0.05, 0.1) is 13.2 Å². The van der Waals surface area contributed by atoms with E-state index in [1.54, 1.807) is 0 Å². The summed E-state index contributed by atoms with van der Waals surface area (Å²) in [6.07, 6.45) is 0.923. The number of ether oxygens (including phenoxy) is 2. The van der Waals surface area contributed by atoms with E-state index < -0.39 is 17.8 Å². The summed E-state index contributed by atoms with van der Waals surface area (Å²) in [5, 5.41) is 5.83. The fourth-order valence-electron chi connectivity index (χ4n) is 3.38. The minimum absolute atomic E-state index is 0.0695. The third-order valence-corrected chi connectivity index (χ3v) is 4.95. The fraction of sp³-hybridized carbons (Fsp3) is 0.667. The third kappa shape index (κ3) is 5.03. The molecule has 27 heavy (non-hydrogen) atoms. The second-order valence-corrected chi connectivity index (χ2v) is 6.98. The first kappa shape index (κ1) is 19.7. The number of carbonyl (C=O) groups is 1. The molecule has 3 rings (SSSR count). The van der Waals surface area contributed by atoms with Gasteiger partial charge in [0, 0.05) is 24.9 Å². The number of carbonyl (C=O) groups excluding carboxylic acids is 1. The Bertz CT molecular complexity index is 671. The van der Waals surface area contributed by atoms with E-state index in [0.29, 0.717) is 5.56 Å². The molecule has 150 valence electrons. The van der Waals surface area contributed by atoms with Gasteiger partial charge in [0.2, 0.25) is 17.7 Å². The van der Waals surface area contributed by atoms with Crippen LogP contribution in [0.4, 0.5) is 13.2 Å². The number of nitrogens with zero attached hydrogens (tertiary/aromatic N) is 1. The van der Waals surface area contributed by atoms with Gasteiger partial charge in [0.25, 0.3) is 5.88 Å². The molecule has 1 aromatic rings. The van der Waals surface area contributed by atoms with E-state index in [1.807, 2.05) is 0 Å². The number of methoxy groups -OCH3 is 1. The Labute approximate surface area is 155 Å². The van der Waals surface area contributed by atoms with Crippen LogP contribution in [0.3, 0.4) is 0 Å². The molecule has 9 heteroatoms. The van der Waals surface area contributed by atoms with Gasteiger partial charge in [-0.1, -0.05) is 0 Å². The minimum Gasteiger partial charge on any atom is -0.481 e. The summed E-state index contributed by atoms with van der Waals surface area (Å²) in [6, 6.07) is 0.960. The largest absolute Gasteiger partial charge is 0.481 e. The lowest BCUT2D eigenvalue weighted by Crippen LogP contribution is -2.40. The first-order chi connectivity index (χ1) is 12.9. The van der Waals surface area contributed by atoms with Gasteiger partial charge in [-0.25, -0.2) is 13.2 Å². The number of hydrogen-bond donors (Lipinski definition) is 2. The monoisotopic (exact) mass is 387 g/mol. The van der Waals surface area contributed by atoms with Crippen LogP contribution in [0.25, 0.3) is 0 Å². The second-order valence-electron chi connectivity index (χ2n) is 6.98. The van der Waals surface area contributed by atoms with E-state index in [1.165, 1.54) is 13.2 Å². The lowest BCUT2D eigenvalue weighted by Gasteiger charge is -2.28. The number of aromatic nitrogens is 1. The molecule has 1 amide bonds. The van der Waals surface area contributed by atoms with Gasteiger partial charge in [-0.3, -0.25) is 4.79 Å². The lowest BCUT2D eigenvalue weighted by atomic mass is 9.94. The molecule has 1 atom stereocenters. The van der Waals surface area contributed by atoms with Gasteiger partial charge in [0.1, 0.15) is 6.10 Å². The molecular weight excluding hydrogens is 363 g/mol. The Balaban J connectivity index is 1.63. The van der Waals surface area contributed by atoms with Crippen molar-refractivity contribution in [1.29, 1.82) is 0 Å². The van der Waals surface area contributed by atoms with Crippen molar-refractivity contribution in [3.05, 3.63) is 17.4 Å². The Morgan fingerprint density at radius 2 is 2.07 bits per heavy atom. The zero-order valence-electron chi connectivity index (χ0n) is 15.2. The number of rotatable bonds is 6. The maximum absolute atomic E-state index is 14.4. The predicted molar refractivity (Wildman–Crippen MR) is 91.4 cm³/mol. The highest BCUT2D eigenvalue weighted by molar-refractivity contribution is 5.82. The molecule has 1 aliphatic heterocycles. The SMILES string of the molecule is COc1nc(OC2CCC(F)(F)CC2)c(F)cc1CNC(=O)[C@H]1CCCN1. The van der Waals surface area contributed by atoms with Gasteiger partial charge in [-0.15, -0.1) is 0 Å². The van der Waals surface area contributed by atoms with Crippen molar-refractivity contribution >= 4 is 5.91 Å². The van der Waals surface area contributed by atoms with Crippen molar-refractivity contribution < 1.29 is 27.4 Å². The molecule has 2 aliphatic rings. The summed E-state index contributed by atoms with van der Waals surface area (Å²) in [7, 11) is 1.38. The van der Waals surface area contributed by atoms with Gasteiger partial charge >= 0.3 is 0 Å². The number of halogens is 3. The summed E-state index contributed by atoms with van der Waals surface area (Å²) in [5.41, 5.74) is 0.379. The Kier molecular flexibility index (Phi) is 6.08. The van der Waals surface area contributed by atoms with Crippen LogP contribution in [-0.4, -0.2) is 42.6 Å². The molecule has 0 aromatic carbocycles. The number of alkyl halides is 2. The molecule has 1 aliphatic carbocycles. The lowest BCUT2D eigenvalue weighted by molar-refractivity contribution is -0.122. The van der Waals surface area contributed by atoms with Crippen molar-refractivity contribution in [1.82, 2.24) is 15.6 Å². The predicted octanol–water partition coefficient (Wildman–Crippen LogP) is 2.55. The number of hydrogen-bond acceptors (Lipinski definition) is 5. The molecule has 1 aromatic heterocycles. The van der Waals surface area contributed by atoms with Crippen molar-refractivity contribution in [3.8, 4) is 11.8 Å². The van der Waals surface area contributed by atoms with E-state index in [4.69, 9.17) is 9.47 Å². The smallest absolute Gasteiger partial charge is 0.254 e. The summed E-state index contributed by atoms with van der Waals surface area (Å²) in [4.78, 5) is 16.1. The molecular formula is C18H24F3N3O3. The molecule has 2 heterocycles. The topological polar surface area (TPSA) is 72.5 Å². The van der Waals surface area contributed by atoms with E-state index in [0.717, 1.165) is 19.4 Å². The molecule has 0 unspecified atom stereocenters. The maximum Gasteiger partial charge on any atom is 0.254 e. The van der Waals surface area contributed by atoms with Gasteiger partial charge in [-0.2, -0.15) is 4.98 Å². The average molecular weight is 387 g/mol. The highest BCUT2D eigenvalue weighted by Gasteiger charge is 2.36. The van der Waals surface area contributed by atoms with Crippen LogP contribution in [0.1, 0.15) is 44.1 Å². The highest BCUT2D eigenvalue weighted by atomic mass is 19.3. The van der Waals surface area contributed by atoms with Crippen LogP contribution in [0.2, 0.25) is 0 Å². The van der Waals surface area contributed by atoms with Gasteiger partial charge in [0.15, 0.2) is 5.82 Å². The molecule has 2 N–H and O–H groups in total. The summed E-state index contributed by atoms with van der Waals surface area (Å²) in [5.74, 6) is -3.68. The van der Waals surface area contributed by atoms with Gasteiger partial charge in [-0.05, 0) is 38.3 Å². The molecule has 2 fully saturated rings. The van der Waals surface area contributed by atoms with E-state index >= 15 is 0 Å². The third-order valence-electron chi connectivity index (χ3n) is 4.95. The number of nitrogens with one attached hydrogen (secondary N) is 2. The average Bonchev–Trinajstić information content (AvgIpc) is 3.18. The van der Waals surface area contributed by atoms with Crippen LogP contribution in [0.15, 0.2) is 6.07 Å².